The van der Waals surface area contributed by atoms with Crippen molar-refractivity contribution in [1.82, 2.24) is 0 Å². The van der Waals surface area contributed by atoms with E-state index < -0.39 is 0 Å². The summed E-state index contributed by atoms with van der Waals surface area (Å²) in [6.45, 7) is 0. The Morgan fingerprint density at radius 2 is 1.44 bits per heavy atom. The summed E-state index contributed by atoms with van der Waals surface area (Å²) in [4.78, 5) is 0. The van der Waals surface area contributed by atoms with Gasteiger partial charge in [0, 0.05) is 9.50 Å². The smallest absolute Gasteiger partial charge is 0.0565 e. The first-order chi connectivity index (χ1) is 7.58. The summed E-state index contributed by atoms with van der Waals surface area (Å²) in [7, 11) is 0. The lowest BCUT2D eigenvalue weighted by Gasteiger charge is -2.06. The van der Waals surface area contributed by atoms with Crippen molar-refractivity contribution in [2.45, 2.75) is 0 Å². The first-order valence-corrected chi connectivity index (χ1v) is 6.82. The van der Waals surface area contributed by atoms with Gasteiger partial charge in [-0.25, -0.2) is 0 Å². The molecule has 0 aromatic heterocycles. The zero-order chi connectivity index (χ0) is 11.7. The summed E-state index contributed by atoms with van der Waals surface area (Å²) in [6, 6.07) is 11.6. The van der Waals surface area contributed by atoms with Crippen LogP contribution in [0, 0.1) is 0 Å². The van der Waals surface area contributed by atoms with Crippen LogP contribution >= 0.6 is 55.1 Å². The average molecular weight is 381 g/mol. The fraction of sp³-hybridized carbons (Fsp3) is 0. The molecule has 0 amide bonds. The number of hydrogen-bond donors (Lipinski definition) is 0. The Morgan fingerprint density at radius 1 is 0.812 bits per heavy atom. The minimum atomic E-state index is 0.680. The van der Waals surface area contributed by atoms with Crippen LogP contribution in [0.1, 0.15) is 0 Å². The summed E-state index contributed by atoms with van der Waals surface area (Å²) in [5.41, 5.74) is 2.14. The molecule has 0 aliphatic heterocycles. The van der Waals surface area contributed by atoms with Crippen LogP contribution in [0.2, 0.25) is 10.0 Å². The van der Waals surface area contributed by atoms with Gasteiger partial charge in [0.2, 0.25) is 0 Å². The molecule has 0 spiro atoms. The second-order valence-corrected chi connectivity index (χ2v) is 5.75. The molecule has 0 radical (unpaired) electrons. The zero-order valence-electron chi connectivity index (χ0n) is 7.98. The predicted octanol–water partition coefficient (Wildman–Crippen LogP) is 6.19. The Labute approximate surface area is 121 Å². The molecule has 0 fully saturated rings. The average Bonchev–Trinajstić information content (AvgIpc) is 2.26. The highest BCUT2D eigenvalue weighted by Gasteiger charge is 2.06. The Hall–Kier alpha value is -0.0200. The van der Waals surface area contributed by atoms with E-state index in [1.165, 1.54) is 0 Å². The van der Waals surface area contributed by atoms with Crippen LogP contribution in [-0.4, -0.2) is 0 Å². The standard InChI is InChI=1S/C12H6Br2Cl2/c13-10-5-8(6-11(16)12(10)14)7-1-3-9(15)4-2-7/h1-6H. The van der Waals surface area contributed by atoms with E-state index in [-0.39, 0.29) is 0 Å². The maximum absolute atomic E-state index is 6.10. The zero-order valence-corrected chi connectivity index (χ0v) is 12.7. The van der Waals surface area contributed by atoms with Crippen LogP contribution in [0.4, 0.5) is 0 Å². The third-order valence-electron chi connectivity index (χ3n) is 2.16. The van der Waals surface area contributed by atoms with E-state index in [2.05, 4.69) is 31.9 Å². The van der Waals surface area contributed by atoms with Crippen molar-refractivity contribution in [2.75, 3.05) is 0 Å². The molecule has 0 atom stereocenters. The Kier molecular flexibility index (Phi) is 3.96. The molecule has 0 heterocycles. The van der Waals surface area contributed by atoms with Crippen molar-refractivity contribution in [1.29, 1.82) is 0 Å². The molecule has 82 valence electrons. The van der Waals surface area contributed by atoms with Crippen molar-refractivity contribution >= 4 is 55.1 Å². The molecule has 0 unspecified atom stereocenters. The van der Waals surface area contributed by atoms with Crippen molar-refractivity contribution in [3.05, 3.63) is 55.4 Å². The van der Waals surface area contributed by atoms with Crippen LogP contribution in [0.15, 0.2) is 45.3 Å². The summed E-state index contributed by atoms with van der Waals surface area (Å²) < 4.78 is 1.80. The lowest BCUT2D eigenvalue weighted by Crippen LogP contribution is -1.80. The van der Waals surface area contributed by atoms with Gasteiger partial charge in [-0.15, -0.1) is 0 Å². The number of halogens is 4. The molecule has 2 aromatic carbocycles. The maximum atomic E-state index is 6.10. The SMILES string of the molecule is Clc1ccc(-c2cc(Cl)c(Br)c(Br)c2)cc1. The van der Waals surface area contributed by atoms with Gasteiger partial charge in [-0.1, -0.05) is 35.3 Å². The number of rotatable bonds is 1. The molecular formula is C12H6Br2Cl2. The van der Waals surface area contributed by atoms with Gasteiger partial charge in [0.25, 0.3) is 0 Å². The van der Waals surface area contributed by atoms with Gasteiger partial charge in [0.05, 0.1) is 9.50 Å². The van der Waals surface area contributed by atoms with Gasteiger partial charge < -0.3 is 0 Å². The van der Waals surface area contributed by atoms with E-state index in [1.807, 2.05) is 36.4 Å². The highest BCUT2D eigenvalue weighted by molar-refractivity contribution is 9.13. The van der Waals surface area contributed by atoms with Gasteiger partial charge in [0.1, 0.15) is 0 Å². The maximum Gasteiger partial charge on any atom is 0.0565 e. The van der Waals surface area contributed by atoms with Crippen molar-refractivity contribution in [3.63, 3.8) is 0 Å². The fourth-order valence-electron chi connectivity index (χ4n) is 1.36. The first kappa shape index (κ1) is 12.4. The second-order valence-electron chi connectivity index (χ2n) is 3.26. The van der Waals surface area contributed by atoms with Crippen LogP contribution < -0.4 is 0 Å². The van der Waals surface area contributed by atoms with Gasteiger partial charge in [0.15, 0.2) is 0 Å². The molecule has 0 aliphatic rings. The molecule has 0 aliphatic carbocycles. The van der Waals surface area contributed by atoms with Crippen molar-refractivity contribution < 1.29 is 0 Å². The van der Waals surface area contributed by atoms with Gasteiger partial charge >= 0.3 is 0 Å². The predicted molar refractivity (Wildman–Crippen MR) is 77.3 cm³/mol. The van der Waals surface area contributed by atoms with Crippen molar-refractivity contribution in [2.24, 2.45) is 0 Å². The molecule has 0 N–H and O–H groups in total. The van der Waals surface area contributed by atoms with E-state index in [0.717, 1.165) is 25.1 Å². The van der Waals surface area contributed by atoms with E-state index in [4.69, 9.17) is 23.2 Å². The second kappa shape index (κ2) is 5.09. The van der Waals surface area contributed by atoms with E-state index in [0.29, 0.717) is 5.02 Å². The van der Waals surface area contributed by atoms with E-state index in [1.54, 1.807) is 0 Å². The van der Waals surface area contributed by atoms with E-state index in [9.17, 15) is 0 Å². The summed E-state index contributed by atoms with van der Waals surface area (Å²) in [5, 5.41) is 1.41. The minimum absolute atomic E-state index is 0.680. The molecule has 0 saturated heterocycles. The van der Waals surface area contributed by atoms with Crippen molar-refractivity contribution in [3.8, 4) is 11.1 Å². The molecule has 2 rings (SSSR count). The number of hydrogen-bond acceptors (Lipinski definition) is 0. The summed E-state index contributed by atoms with van der Waals surface area (Å²) in [6.07, 6.45) is 0. The molecule has 0 saturated carbocycles. The lowest BCUT2D eigenvalue weighted by atomic mass is 10.1. The Morgan fingerprint density at radius 3 is 2.00 bits per heavy atom. The largest absolute Gasteiger partial charge is 0.0843 e. The van der Waals surface area contributed by atoms with Crippen LogP contribution in [-0.2, 0) is 0 Å². The molecule has 16 heavy (non-hydrogen) atoms. The highest BCUT2D eigenvalue weighted by Crippen LogP contribution is 2.35. The van der Waals surface area contributed by atoms with Crippen LogP contribution in [0.3, 0.4) is 0 Å². The minimum Gasteiger partial charge on any atom is -0.0843 e. The van der Waals surface area contributed by atoms with E-state index >= 15 is 0 Å². The van der Waals surface area contributed by atoms with Gasteiger partial charge in [-0.2, -0.15) is 0 Å². The third kappa shape index (κ3) is 2.62. The van der Waals surface area contributed by atoms with Crippen LogP contribution in [0.25, 0.3) is 11.1 Å². The fourth-order valence-corrected chi connectivity index (χ4v) is 2.51. The molecule has 2 aromatic rings. The topological polar surface area (TPSA) is 0 Å². The molecule has 4 heteroatoms. The summed E-state index contributed by atoms with van der Waals surface area (Å²) >= 11 is 18.8. The lowest BCUT2D eigenvalue weighted by molar-refractivity contribution is 1.55. The number of benzene rings is 2. The third-order valence-corrected chi connectivity index (χ3v) is 4.95. The summed E-state index contributed by atoms with van der Waals surface area (Å²) in [5.74, 6) is 0. The van der Waals surface area contributed by atoms with Gasteiger partial charge in [-0.05, 0) is 67.3 Å². The molecular weight excluding hydrogens is 375 g/mol. The monoisotopic (exact) mass is 378 g/mol. The molecule has 0 nitrogen and oxygen atoms in total. The highest BCUT2D eigenvalue weighted by atomic mass is 79.9. The van der Waals surface area contributed by atoms with Gasteiger partial charge in [-0.3, -0.25) is 0 Å². The first-order valence-electron chi connectivity index (χ1n) is 4.48. The quantitative estimate of drug-likeness (QED) is 0.518. The van der Waals surface area contributed by atoms with Crippen LogP contribution in [0.5, 0.6) is 0 Å². The Bertz CT molecular complexity index is 498. The Balaban J connectivity index is 2.52. The normalized spacial score (nSPS) is 10.5. The molecule has 0 bridgehead atoms.